The van der Waals surface area contributed by atoms with Gasteiger partial charge < -0.3 is 5.73 Å². The molecule has 0 aromatic heterocycles. The molecule has 0 unspecified atom stereocenters. The van der Waals surface area contributed by atoms with Crippen LogP contribution in [0.2, 0.25) is 0 Å². The summed E-state index contributed by atoms with van der Waals surface area (Å²) in [6.45, 7) is 0. The average Bonchev–Trinajstić information content (AvgIpc) is 2.44. The first-order valence-corrected chi connectivity index (χ1v) is 2.90. The van der Waals surface area contributed by atoms with Crippen LogP contribution in [0.3, 0.4) is 0 Å². The molecule has 0 spiro atoms. The number of allylic oxidation sites excluding steroid dienone is 1. The summed E-state index contributed by atoms with van der Waals surface area (Å²) in [5, 5.41) is 0. The Hall–Kier alpha value is -0.110. The van der Waals surface area contributed by atoms with Crippen LogP contribution in [-0.2, 0) is 0 Å². The van der Waals surface area contributed by atoms with E-state index in [4.69, 9.17) is 5.73 Å². The maximum Gasteiger partial charge on any atom is 0.00348 e. The molecule has 0 aliphatic heterocycles. The molecule has 1 rings (SSSR count). The second kappa shape index (κ2) is 1.78. The van der Waals surface area contributed by atoms with E-state index in [0.717, 1.165) is 4.91 Å². The van der Waals surface area contributed by atoms with Crippen molar-refractivity contribution in [3.05, 3.63) is 11.1 Å². The topological polar surface area (TPSA) is 26.0 Å². The molecular formula is C5H9NS. The van der Waals surface area contributed by atoms with Crippen LogP contribution < -0.4 is 5.73 Å². The molecule has 2 heteroatoms. The third-order valence-electron chi connectivity index (χ3n) is 1.17. The monoisotopic (exact) mass is 115 g/mol. The van der Waals surface area contributed by atoms with E-state index in [2.05, 4.69) is 12.6 Å². The van der Waals surface area contributed by atoms with Gasteiger partial charge in [-0.15, -0.1) is 12.6 Å². The van der Waals surface area contributed by atoms with Crippen molar-refractivity contribution in [1.29, 1.82) is 0 Å². The zero-order valence-electron chi connectivity index (χ0n) is 4.09. The number of rotatable bonds is 1. The minimum atomic E-state index is 0.716. The van der Waals surface area contributed by atoms with Crippen LogP contribution >= 0.6 is 12.6 Å². The van der Waals surface area contributed by atoms with E-state index in [-0.39, 0.29) is 0 Å². The molecule has 2 N–H and O–H groups in total. The molecule has 1 aliphatic carbocycles. The molecule has 0 aromatic carbocycles. The Balaban J connectivity index is 2.37. The smallest absolute Gasteiger partial charge is 0.00348 e. The first kappa shape index (κ1) is 5.04. The summed E-state index contributed by atoms with van der Waals surface area (Å²) in [5.74, 6) is 0.716. The summed E-state index contributed by atoms with van der Waals surface area (Å²) >= 11 is 4.12. The summed E-state index contributed by atoms with van der Waals surface area (Å²) in [6.07, 6.45) is 4.15. The maximum atomic E-state index is 5.17. The zero-order chi connectivity index (χ0) is 5.28. The maximum absolute atomic E-state index is 5.17. The van der Waals surface area contributed by atoms with Gasteiger partial charge in [0.15, 0.2) is 0 Å². The second-order valence-electron chi connectivity index (χ2n) is 1.87. The Morgan fingerprint density at radius 1 is 1.71 bits per heavy atom. The standard InChI is InChI=1S/C5H9NS/c6-3-5(7)4-1-2-4/h3-4,7H,1-2,6H2/b5-3-. The summed E-state index contributed by atoms with van der Waals surface area (Å²) in [5.41, 5.74) is 5.17. The van der Waals surface area contributed by atoms with E-state index in [1.165, 1.54) is 12.8 Å². The summed E-state index contributed by atoms with van der Waals surface area (Å²) < 4.78 is 0. The van der Waals surface area contributed by atoms with Crippen molar-refractivity contribution in [1.82, 2.24) is 0 Å². The van der Waals surface area contributed by atoms with Crippen LogP contribution in [0.5, 0.6) is 0 Å². The highest BCUT2D eigenvalue weighted by atomic mass is 32.1. The van der Waals surface area contributed by atoms with Crippen molar-refractivity contribution in [2.24, 2.45) is 11.7 Å². The first-order chi connectivity index (χ1) is 3.34. The quantitative estimate of drug-likeness (QED) is 0.492. The van der Waals surface area contributed by atoms with Crippen molar-refractivity contribution in [3.63, 3.8) is 0 Å². The van der Waals surface area contributed by atoms with Gasteiger partial charge >= 0.3 is 0 Å². The predicted molar refractivity (Wildman–Crippen MR) is 34.0 cm³/mol. The molecule has 1 fully saturated rings. The normalized spacial score (nSPS) is 22.7. The first-order valence-electron chi connectivity index (χ1n) is 2.45. The van der Waals surface area contributed by atoms with Crippen molar-refractivity contribution in [3.8, 4) is 0 Å². The van der Waals surface area contributed by atoms with Gasteiger partial charge in [0.2, 0.25) is 0 Å². The SMILES string of the molecule is N/C=C(\S)C1CC1. The molecule has 40 valence electrons. The van der Waals surface area contributed by atoms with Crippen LogP contribution in [0.1, 0.15) is 12.8 Å². The molecule has 0 amide bonds. The molecule has 0 saturated heterocycles. The van der Waals surface area contributed by atoms with E-state index in [1.807, 2.05) is 0 Å². The van der Waals surface area contributed by atoms with Crippen LogP contribution in [0.15, 0.2) is 11.1 Å². The average molecular weight is 115 g/mol. The largest absolute Gasteiger partial charge is 0.404 e. The van der Waals surface area contributed by atoms with Crippen molar-refractivity contribution < 1.29 is 0 Å². The van der Waals surface area contributed by atoms with Gasteiger partial charge in [0.1, 0.15) is 0 Å². The van der Waals surface area contributed by atoms with Gasteiger partial charge in [-0.3, -0.25) is 0 Å². The molecule has 1 nitrogen and oxygen atoms in total. The molecule has 0 bridgehead atoms. The van der Waals surface area contributed by atoms with Gasteiger partial charge in [-0.2, -0.15) is 0 Å². The Labute approximate surface area is 49.0 Å². The molecule has 0 heterocycles. The highest BCUT2D eigenvalue weighted by Gasteiger charge is 2.22. The fourth-order valence-electron chi connectivity index (χ4n) is 0.515. The Kier molecular flexibility index (Phi) is 1.28. The lowest BCUT2D eigenvalue weighted by atomic mass is 10.4. The van der Waals surface area contributed by atoms with Gasteiger partial charge in [-0.25, -0.2) is 0 Å². The lowest BCUT2D eigenvalue weighted by Gasteiger charge is -1.87. The fraction of sp³-hybridized carbons (Fsp3) is 0.600. The van der Waals surface area contributed by atoms with E-state index in [9.17, 15) is 0 Å². The third kappa shape index (κ3) is 1.13. The van der Waals surface area contributed by atoms with Crippen LogP contribution in [0, 0.1) is 5.92 Å². The van der Waals surface area contributed by atoms with Gasteiger partial charge in [0.25, 0.3) is 0 Å². The third-order valence-corrected chi connectivity index (χ3v) is 1.68. The highest BCUT2D eigenvalue weighted by Crippen LogP contribution is 2.37. The van der Waals surface area contributed by atoms with Gasteiger partial charge in [-0.05, 0) is 18.8 Å². The van der Waals surface area contributed by atoms with Gasteiger partial charge in [-0.1, -0.05) is 0 Å². The summed E-state index contributed by atoms with van der Waals surface area (Å²) in [4.78, 5) is 1.06. The predicted octanol–water partition coefficient (Wildman–Crippen LogP) is 1.13. The number of hydrogen-bond donors (Lipinski definition) is 2. The fourth-order valence-corrected chi connectivity index (χ4v) is 0.773. The van der Waals surface area contributed by atoms with Crippen molar-refractivity contribution >= 4 is 12.6 Å². The Morgan fingerprint density at radius 2 is 2.29 bits per heavy atom. The molecule has 1 aliphatic rings. The van der Waals surface area contributed by atoms with E-state index < -0.39 is 0 Å². The lowest BCUT2D eigenvalue weighted by molar-refractivity contribution is 1.09. The Bertz CT molecular complexity index is 94.3. The van der Waals surface area contributed by atoms with Crippen LogP contribution in [0.25, 0.3) is 0 Å². The van der Waals surface area contributed by atoms with Gasteiger partial charge in [0.05, 0.1) is 0 Å². The Morgan fingerprint density at radius 3 is 2.43 bits per heavy atom. The molecule has 7 heavy (non-hydrogen) atoms. The van der Waals surface area contributed by atoms with E-state index >= 15 is 0 Å². The molecular weight excluding hydrogens is 106 g/mol. The minimum Gasteiger partial charge on any atom is -0.404 e. The second-order valence-corrected chi connectivity index (χ2v) is 2.38. The number of thiol groups is 1. The zero-order valence-corrected chi connectivity index (χ0v) is 4.99. The van der Waals surface area contributed by atoms with Gasteiger partial charge in [0, 0.05) is 11.1 Å². The summed E-state index contributed by atoms with van der Waals surface area (Å²) in [7, 11) is 0. The van der Waals surface area contributed by atoms with Crippen LogP contribution in [0.4, 0.5) is 0 Å². The summed E-state index contributed by atoms with van der Waals surface area (Å²) in [6, 6.07) is 0. The van der Waals surface area contributed by atoms with E-state index in [1.54, 1.807) is 6.20 Å². The minimum absolute atomic E-state index is 0.716. The number of nitrogens with two attached hydrogens (primary N) is 1. The van der Waals surface area contributed by atoms with E-state index in [0.29, 0.717) is 5.92 Å². The lowest BCUT2D eigenvalue weighted by Crippen LogP contribution is -1.82. The molecule has 0 atom stereocenters. The molecule has 1 saturated carbocycles. The van der Waals surface area contributed by atoms with Crippen molar-refractivity contribution in [2.45, 2.75) is 12.8 Å². The number of hydrogen-bond acceptors (Lipinski definition) is 2. The molecule has 0 radical (unpaired) electrons. The van der Waals surface area contributed by atoms with Crippen LogP contribution in [-0.4, -0.2) is 0 Å². The molecule has 0 aromatic rings. The highest BCUT2D eigenvalue weighted by molar-refractivity contribution is 7.84. The van der Waals surface area contributed by atoms with Crippen molar-refractivity contribution in [2.75, 3.05) is 0 Å².